The fraction of sp³-hybridized carbons (Fsp3) is 0.389. The molecule has 1 atom stereocenters. The molecule has 7 heteroatoms. The molecule has 3 rings (SSSR count). The molecule has 1 aromatic carbocycles. The third-order valence-electron chi connectivity index (χ3n) is 4.42. The molecule has 1 unspecified atom stereocenters. The minimum absolute atomic E-state index is 0.110. The molecule has 0 aliphatic carbocycles. The third-order valence-corrected chi connectivity index (χ3v) is 5.49. The summed E-state index contributed by atoms with van der Waals surface area (Å²) in [5.74, 6) is -0.702. The van der Waals surface area contributed by atoms with Crippen LogP contribution in [0.2, 0.25) is 0 Å². The van der Waals surface area contributed by atoms with E-state index in [-0.39, 0.29) is 24.2 Å². The normalized spacial score (nSPS) is 17.2. The van der Waals surface area contributed by atoms with E-state index in [0.717, 1.165) is 15.6 Å². The monoisotopic (exact) mass is 361 g/mol. The minimum atomic E-state index is -0.561. The van der Waals surface area contributed by atoms with E-state index in [9.17, 15) is 14.0 Å². The Morgan fingerprint density at radius 3 is 2.84 bits per heavy atom. The Labute approximate surface area is 149 Å². The lowest BCUT2D eigenvalue weighted by atomic mass is 10.1. The van der Waals surface area contributed by atoms with Crippen molar-refractivity contribution in [2.45, 2.75) is 45.8 Å². The van der Waals surface area contributed by atoms with E-state index in [1.165, 1.54) is 11.0 Å². The molecule has 1 aromatic heterocycles. The van der Waals surface area contributed by atoms with Crippen LogP contribution in [-0.4, -0.2) is 27.7 Å². The van der Waals surface area contributed by atoms with Crippen LogP contribution >= 0.6 is 11.3 Å². The molecule has 1 N–H and O–H groups in total. The summed E-state index contributed by atoms with van der Waals surface area (Å²) in [4.78, 5) is 31.6. The van der Waals surface area contributed by atoms with Crippen molar-refractivity contribution in [3.63, 3.8) is 0 Å². The smallest absolute Gasteiger partial charge is 0.243 e. The van der Waals surface area contributed by atoms with E-state index in [1.807, 2.05) is 13.8 Å². The quantitative estimate of drug-likeness (QED) is 0.891. The van der Waals surface area contributed by atoms with Gasteiger partial charge in [0.1, 0.15) is 16.9 Å². The average Bonchev–Trinajstić information content (AvgIpc) is 3.10. The lowest BCUT2D eigenvalue weighted by Gasteiger charge is -2.24. The number of hydrogen-bond donors (Lipinski definition) is 1. The molecule has 1 saturated heterocycles. The molecular weight excluding hydrogens is 341 g/mol. The summed E-state index contributed by atoms with van der Waals surface area (Å²) in [6.07, 6.45) is 0.761. The fourth-order valence-electron chi connectivity index (χ4n) is 2.91. The zero-order valence-electron chi connectivity index (χ0n) is 14.2. The maximum atomic E-state index is 13.9. The molecule has 0 bridgehead atoms. The van der Waals surface area contributed by atoms with Crippen molar-refractivity contribution in [2.24, 2.45) is 0 Å². The van der Waals surface area contributed by atoms with Gasteiger partial charge in [-0.3, -0.25) is 9.59 Å². The number of carbonyl (C=O) groups is 2. The van der Waals surface area contributed by atoms with E-state index >= 15 is 0 Å². The number of nitrogens with one attached hydrogen (secondary N) is 1. The highest BCUT2D eigenvalue weighted by Crippen LogP contribution is 2.23. The number of rotatable bonds is 5. The van der Waals surface area contributed by atoms with Crippen LogP contribution in [-0.2, 0) is 22.7 Å². The van der Waals surface area contributed by atoms with E-state index in [4.69, 9.17) is 0 Å². The van der Waals surface area contributed by atoms with Gasteiger partial charge in [0, 0.05) is 23.4 Å². The highest BCUT2D eigenvalue weighted by atomic mass is 32.1. The average molecular weight is 361 g/mol. The third kappa shape index (κ3) is 3.87. The fourth-order valence-corrected chi connectivity index (χ4v) is 3.78. The van der Waals surface area contributed by atoms with Gasteiger partial charge in [-0.25, -0.2) is 9.37 Å². The van der Waals surface area contributed by atoms with E-state index in [1.54, 1.807) is 29.5 Å². The lowest BCUT2D eigenvalue weighted by molar-refractivity contribution is -0.135. The number of aromatic nitrogens is 1. The number of halogens is 1. The number of benzene rings is 1. The van der Waals surface area contributed by atoms with Gasteiger partial charge in [-0.15, -0.1) is 11.3 Å². The molecule has 2 aromatic rings. The van der Waals surface area contributed by atoms with Crippen molar-refractivity contribution < 1.29 is 14.0 Å². The summed E-state index contributed by atoms with van der Waals surface area (Å²) in [5, 5.41) is 3.69. The molecule has 0 radical (unpaired) electrons. The van der Waals surface area contributed by atoms with Crippen LogP contribution < -0.4 is 5.32 Å². The van der Waals surface area contributed by atoms with Gasteiger partial charge in [0.25, 0.3) is 0 Å². The summed E-state index contributed by atoms with van der Waals surface area (Å²) in [6.45, 7) is 4.38. The Balaban J connectivity index is 1.66. The predicted molar refractivity (Wildman–Crippen MR) is 93.4 cm³/mol. The van der Waals surface area contributed by atoms with Crippen molar-refractivity contribution in [1.82, 2.24) is 15.2 Å². The molecule has 5 nitrogen and oxygen atoms in total. The molecule has 1 aliphatic heterocycles. The number of hydrogen-bond acceptors (Lipinski definition) is 4. The van der Waals surface area contributed by atoms with Gasteiger partial charge in [-0.05, 0) is 26.3 Å². The highest BCUT2D eigenvalue weighted by Gasteiger charge is 2.36. The number of nitrogens with zero attached hydrogens (tertiary/aromatic N) is 2. The van der Waals surface area contributed by atoms with Crippen molar-refractivity contribution in [1.29, 1.82) is 0 Å². The maximum absolute atomic E-state index is 13.9. The highest BCUT2D eigenvalue weighted by molar-refractivity contribution is 7.11. The molecule has 0 spiro atoms. The molecule has 1 aliphatic rings. The van der Waals surface area contributed by atoms with E-state index in [2.05, 4.69) is 10.3 Å². The van der Waals surface area contributed by atoms with Gasteiger partial charge in [0.15, 0.2) is 0 Å². The number of amides is 2. The van der Waals surface area contributed by atoms with Gasteiger partial charge in [0.2, 0.25) is 11.8 Å². The van der Waals surface area contributed by atoms with Crippen LogP contribution in [0.3, 0.4) is 0 Å². The first-order chi connectivity index (χ1) is 12.0. The second-order valence-corrected chi connectivity index (χ2v) is 7.42. The summed E-state index contributed by atoms with van der Waals surface area (Å²) < 4.78 is 13.9. The second kappa shape index (κ2) is 7.31. The first-order valence-electron chi connectivity index (χ1n) is 8.19. The summed E-state index contributed by atoms with van der Waals surface area (Å²) in [6, 6.07) is 5.76. The Morgan fingerprint density at radius 2 is 2.16 bits per heavy atom. The van der Waals surface area contributed by atoms with Crippen molar-refractivity contribution in [3.05, 3.63) is 51.2 Å². The SMILES string of the molecule is Cc1nc(CNC(=O)C2CCC(=O)N2Cc2ccccc2F)sc1C. The van der Waals surface area contributed by atoms with Crippen LogP contribution in [0.4, 0.5) is 4.39 Å². The number of thiazole rings is 1. The van der Waals surface area contributed by atoms with Crippen LogP contribution in [0.1, 0.15) is 34.0 Å². The number of likely N-dealkylation sites (tertiary alicyclic amines) is 1. The number of carbonyl (C=O) groups excluding carboxylic acids is 2. The van der Waals surface area contributed by atoms with Gasteiger partial charge < -0.3 is 10.2 Å². The zero-order chi connectivity index (χ0) is 18.0. The molecular formula is C18H20FN3O2S. The van der Waals surface area contributed by atoms with E-state index in [0.29, 0.717) is 24.9 Å². The molecule has 2 heterocycles. The van der Waals surface area contributed by atoms with Gasteiger partial charge in [-0.2, -0.15) is 0 Å². The summed E-state index contributed by atoms with van der Waals surface area (Å²) in [7, 11) is 0. The van der Waals surface area contributed by atoms with Crippen LogP contribution in [0.25, 0.3) is 0 Å². The van der Waals surface area contributed by atoms with Crippen molar-refractivity contribution >= 4 is 23.2 Å². The Morgan fingerprint density at radius 1 is 1.40 bits per heavy atom. The standard InChI is InChI=1S/C18H20FN3O2S/c1-11-12(2)25-16(21-11)9-20-18(24)15-7-8-17(23)22(15)10-13-5-3-4-6-14(13)19/h3-6,15H,7-10H2,1-2H3,(H,20,24). The predicted octanol–water partition coefficient (Wildman–Crippen LogP) is 2.71. The largest absolute Gasteiger partial charge is 0.348 e. The second-order valence-electron chi connectivity index (χ2n) is 6.13. The van der Waals surface area contributed by atoms with Gasteiger partial charge in [-0.1, -0.05) is 18.2 Å². The van der Waals surface area contributed by atoms with Gasteiger partial charge >= 0.3 is 0 Å². The summed E-state index contributed by atoms with van der Waals surface area (Å²) >= 11 is 1.55. The Bertz CT molecular complexity index is 786. The Hall–Kier alpha value is -2.28. The lowest BCUT2D eigenvalue weighted by Crippen LogP contribution is -2.44. The molecule has 132 valence electrons. The molecule has 1 fully saturated rings. The van der Waals surface area contributed by atoms with Gasteiger partial charge in [0.05, 0.1) is 12.2 Å². The first-order valence-corrected chi connectivity index (χ1v) is 9.01. The van der Waals surface area contributed by atoms with Crippen molar-refractivity contribution in [3.8, 4) is 0 Å². The molecule has 25 heavy (non-hydrogen) atoms. The number of aryl methyl sites for hydroxylation is 2. The Kier molecular flexibility index (Phi) is 5.13. The van der Waals surface area contributed by atoms with Crippen molar-refractivity contribution in [2.75, 3.05) is 0 Å². The summed E-state index contributed by atoms with van der Waals surface area (Å²) in [5.41, 5.74) is 1.38. The first kappa shape index (κ1) is 17.5. The maximum Gasteiger partial charge on any atom is 0.243 e. The zero-order valence-corrected chi connectivity index (χ0v) is 15.0. The van der Waals surface area contributed by atoms with Crippen LogP contribution in [0.15, 0.2) is 24.3 Å². The van der Waals surface area contributed by atoms with Crippen LogP contribution in [0.5, 0.6) is 0 Å². The van der Waals surface area contributed by atoms with E-state index < -0.39 is 6.04 Å². The molecule has 2 amide bonds. The minimum Gasteiger partial charge on any atom is -0.348 e. The van der Waals surface area contributed by atoms with Crippen LogP contribution in [0, 0.1) is 19.7 Å². The topological polar surface area (TPSA) is 62.3 Å². The molecule has 0 saturated carbocycles.